The minimum Gasteiger partial charge on any atom is -0.337 e. The van der Waals surface area contributed by atoms with E-state index < -0.39 is 4.92 Å². The second-order valence-electron chi connectivity index (χ2n) is 8.39. The van der Waals surface area contributed by atoms with E-state index in [1.165, 1.54) is 29.5 Å². The lowest BCUT2D eigenvalue weighted by Gasteiger charge is -2.37. The summed E-state index contributed by atoms with van der Waals surface area (Å²) in [5.74, 6) is 1.02. The average molecular weight is 424 g/mol. The molecule has 0 aromatic heterocycles. The molecule has 29 heavy (non-hydrogen) atoms. The molecule has 0 spiro atoms. The SMILES string of the molecule is C[C@@H]1C[C@H](C)CN(C(=O)C[NH+]2CCN(C(=O)c3ccc(Cl)c([N+](=O)[O-])c3)CC2)C1. The summed E-state index contributed by atoms with van der Waals surface area (Å²) in [6.07, 6.45) is 1.17. The van der Waals surface area contributed by atoms with Crippen molar-refractivity contribution in [1.29, 1.82) is 0 Å². The number of nitrogens with one attached hydrogen (secondary N) is 1. The van der Waals surface area contributed by atoms with E-state index in [9.17, 15) is 19.7 Å². The molecule has 0 unspecified atom stereocenters. The quantitative estimate of drug-likeness (QED) is 0.580. The van der Waals surface area contributed by atoms with E-state index in [1.807, 2.05) is 4.90 Å². The Labute approximate surface area is 175 Å². The fourth-order valence-corrected chi connectivity index (χ4v) is 4.55. The number of piperazine rings is 1. The lowest BCUT2D eigenvalue weighted by atomic mass is 9.92. The van der Waals surface area contributed by atoms with Crippen LogP contribution in [0.5, 0.6) is 0 Å². The molecule has 8 nitrogen and oxygen atoms in total. The van der Waals surface area contributed by atoms with Crippen molar-refractivity contribution in [2.24, 2.45) is 11.8 Å². The van der Waals surface area contributed by atoms with Crippen molar-refractivity contribution in [2.75, 3.05) is 45.8 Å². The number of quaternary nitrogens is 1. The van der Waals surface area contributed by atoms with Gasteiger partial charge < -0.3 is 14.7 Å². The molecule has 2 heterocycles. The predicted octanol–water partition coefficient (Wildman–Crippen LogP) is 1.09. The summed E-state index contributed by atoms with van der Waals surface area (Å²) < 4.78 is 0. The number of nitro groups is 1. The highest BCUT2D eigenvalue weighted by atomic mass is 35.5. The second-order valence-corrected chi connectivity index (χ2v) is 8.79. The standard InChI is InChI=1S/C20H27ClN4O4/c1-14-9-15(2)12-24(11-14)19(26)13-22-5-7-23(8-6-22)20(27)16-3-4-17(21)18(10-16)25(28)29/h3-4,10,14-15H,5-9,11-13H2,1-2H3/p+1/t14-,15+. The minimum absolute atomic E-state index is 0.0145. The highest BCUT2D eigenvalue weighted by molar-refractivity contribution is 6.32. The maximum Gasteiger partial charge on any atom is 0.288 e. The number of hydrogen-bond donors (Lipinski definition) is 1. The Bertz CT molecular complexity index is 785. The van der Waals surface area contributed by atoms with Gasteiger partial charge in [-0.3, -0.25) is 19.7 Å². The number of rotatable bonds is 4. The van der Waals surface area contributed by atoms with Crippen LogP contribution in [0.1, 0.15) is 30.6 Å². The lowest BCUT2D eigenvalue weighted by Crippen LogP contribution is -3.15. The molecule has 0 aliphatic carbocycles. The van der Waals surface area contributed by atoms with E-state index >= 15 is 0 Å². The normalized spacial score (nSPS) is 23.1. The van der Waals surface area contributed by atoms with Crippen LogP contribution in [0.15, 0.2) is 18.2 Å². The van der Waals surface area contributed by atoms with Crippen LogP contribution in [0.3, 0.4) is 0 Å². The number of amides is 2. The summed E-state index contributed by atoms with van der Waals surface area (Å²) in [6, 6.07) is 4.12. The zero-order valence-corrected chi connectivity index (χ0v) is 17.7. The maximum atomic E-state index is 12.7. The average Bonchev–Trinajstić information content (AvgIpc) is 2.67. The zero-order valence-electron chi connectivity index (χ0n) is 16.9. The zero-order chi connectivity index (χ0) is 21.1. The third-order valence-electron chi connectivity index (χ3n) is 5.77. The maximum absolute atomic E-state index is 12.7. The number of nitrogens with zero attached hydrogens (tertiary/aromatic N) is 3. The summed E-state index contributed by atoms with van der Waals surface area (Å²) in [6.45, 7) is 8.90. The molecule has 2 atom stereocenters. The van der Waals surface area contributed by atoms with Gasteiger partial charge in [-0.1, -0.05) is 25.4 Å². The first-order valence-electron chi connectivity index (χ1n) is 10.1. The monoisotopic (exact) mass is 423 g/mol. The smallest absolute Gasteiger partial charge is 0.288 e. The lowest BCUT2D eigenvalue weighted by molar-refractivity contribution is -0.896. The van der Waals surface area contributed by atoms with Crippen LogP contribution in [0, 0.1) is 22.0 Å². The van der Waals surface area contributed by atoms with Gasteiger partial charge in [0.05, 0.1) is 31.1 Å². The molecule has 0 bridgehead atoms. The molecule has 1 N–H and O–H groups in total. The highest BCUT2D eigenvalue weighted by Crippen LogP contribution is 2.25. The summed E-state index contributed by atoms with van der Waals surface area (Å²) in [5.41, 5.74) is -0.00530. The topological polar surface area (TPSA) is 88.2 Å². The summed E-state index contributed by atoms with van der Waals surface area (Å²) in [5, 5.41) is 11.1. The molecule has 3 rings (SSSR count). The van der Waals surface area contributed by atoms with Crippen molar-refractivity contribution in [3.63, 3.8) is 0 Å². The number of halogens is 1. The van der Waals surface area contributed by atoms with Crippen LogP contribution >= 0.6 is 11.6 Å². The first kappa shape index (κ1) is 21.5. The van der Waals surface area contributed by atoms with Crippen LogP contribution in [-0.2, 0) is 4.79 Å². The van der Waals surface area contributed by atoms with Crippen LogP contribution in [-0.4, -0.2) is 72.4 Å². The van der Waals surface area contributed by atoms with Gasteiger partial charge in [0.15, 0.2) is 6.54 Å². The Balaban J connectivity index is 1.54. The molecule has 2 amide bonds. The van der Waals surface area contributed by atoms with Crippen molar-refractivity contribution < 1.29 is 19.4 Å². The van der Waals surface area contributed by atoms with Crippen molar-refractivity contribution in [3.8, 4) is 0 Å². The van der Waals surface area contributed by atoms with E-state index in [1.54, 1.807) is 4.90 Å². The predicted molar refractivity (Wildman–Crippen MR) is 109 cm³/mol. The first-order chi connectivity index (χ1) is 13.7. The molecule has 0 radical (unpaired) electrons. The molecule has 158 valence electrons. The van der Waals surface area contributed by atoms with Crippen LogP contribution < -0.4 is 4.90 Å². The minimum atomic E-state index is -0.588. The molecule has 2 aliphatic rings. The van der Waals surface area contributed by atoms with Crippen LogP contribution in [0.2, 0.25) is 5.02 Å². The first-order valence-corrected chi connectivity index (χ1v) is 10.5. The number of nitro benzene ring substituents is 1. The van der Waals surface area contributed by atoms with Gasteiger partial charge in [0.1, 0.15) is 5.02 Å². The fraction of sp³-hybridized carbons (Fsp3) is 0.600. The number of carbonyl (C=O) groups is 2. The number of likely N-dealkylation sites (tertiary alicyclic amines) is 1. The van der Waals surface area contributed by atoms with Crippen LogP contribution in [0.25, 0.3) is 0 Å². The molecule has 1 aromatic carbocycles. The summed E-state index contributed by atoms with van der Waals surface area (Å²) >= 11 is 5.83. The Kier molecular flexibility index (Phi) is 6.74. The van der Waals surface area contributed by atoms with Crippen molar-refractivity contribution in [3.05, 3.63) is 38.9 Å². The Morgan fingerprint density at radius 2 is 1.79 bits per heavy atom. The molecule has 2 fully saturated rings. The van der Waals surface area contributed by atoms with E-state index in [0.29, 0.717) is 44.6 Å². The number of hydrogen-bond acceptors (Lipinski definition) is 4. The number of carbonyl (C=O) groups excluding carboxylic acids is 2. The highest BCUT2D eigenvalue weighted by Gasteiger charge is 2.31. The molecular formula is C20H28ClN4O4+. The van der Waals surface area contributed by atoms with Gasteiger partial charge in [-0.15, -0.1) is 0 Å². The van der Waals surface area contributed by atoms with Gasteiger partial charge >= 0.3 is 0 Å². The largest absolute Gasteiger partial charge is 0.337 e. The number of benzene rings is 1. The van der Waals surface area contributed by atoms with E-state index in [0.717, 1.165) is 13.1 Å². The van der Waals surface area contributed by atoms with Gasteiger partial charge in [0.25, 0.3) is 17.5 Å². The van der Waals surface area contributed by atoms with Gasteiger partial charge in [0, 0.05) is 24.7 Å². The van der Waals surface area contributed by atoms with E-state index in [-0.39, 0.29) is 28.1 Å². The molecule has 2 aliphatic heterocycles. The van der Waals surface area contributed by atoms with Crippen molar-refractivity contribution in [1.82, 2.24) is 9.80 Å². The Morgan fingerprint density at radius 1 is 1.17 bits per heavy atom. The summed E-state index contributed by atoms with van der Waals surface area (Å²) in [4.78, 5) is 40.7. The van der Waals surface area contributed by atoms with Gasteiger partial charge in [-0.25, -0.2) is 0 Å². The number of piperidine rings is 1. The Hall–Kier alpha value is -2.19. The molecular weight excluding hydrogens is 396 g/mol. The molecule has 1 aromatic rings. The van der Waals surface area contributed by atoms with Gasteiger partial charge in [0.2, 0.25) is 0 Å². The van der Waals surface area contributed by atoms with Crippen LogP contribution in [0.4, 0.5) is 5.69 Å². The summed E-state index contributed by atoms with van der Waals surface area (Å²) in [7, 11) is 0. The third kappa shape index (κ3) is 5.25. The molecule has 9 heteroatoms. The Morgan fingerprint density at radius 3 is 2.38 bits per heavy atom. The fourth-order valence-electron chi connectivity index (χ4n) is 4.36. The van der Waals surface area contributed by atoms with Crippen molar-refractivity contribution in [2.45, 2.75) is 20.3 Å². The van der Waals surface area contributed by atoms with Gasteiger partial charge in [-0.2, -0.15) is 0 Å². The molecule has 2 saturated heterocycles. The molecule has 0 saturated carbocycles. The third-order valence-corrected chi connectivity index (χ3v) is 6.09. The second kappa shape index (κ2) is 9.09. The van der Waals surface area contributed by atoms with Crippen molar-refractivity contribution >= 4 is 29.1 Å². The van der Waals surface area contributed by atoms with Gasteiger partial charge in [-0.05, 0) is 30.4 Å². The van der Waals surface area contributed by atoms with E-state index in [4.69, 9.17) is 11.6 Å². The van der Waals surface area contributed by atoms with E-state index in [2.05, 4.69) is 13.8 Å².